The fraction of sp³-hybridized carbons (Fsp3) is 0.273. The summed E-state index contributed by atoms with van der Waals surface area (Å²) >= 11 is 13.1. The molecule has 0 bridgehead atoms. The van der Waals surface area contributed by atoms with Crippen LogP contribution in [0.15, 0.2) is 30.3 Å². The fourth-order valence-corrected chi connectivity index (χ4v) is 2.03. The Kier molecular flexibility index (Phi) is 10.2. The molecule has 0 atom stereocenters. The van der Waals surface area contributed by atoms with E-state index in [1.165, 1.54) is 17.4 Å². The van der Waals surface area contributed by atoms with Crippen LogP contribution in [0.5, 0.6) is 0 Å². The minimum Gasteiger partial charge on any atom is -0.270 e. The number of carbonyl (C=O) groups is 2. The number of imide groups is 1. The first kappa shape index (κ1) is 22.3. The first-order valence-electron chi connectivity index (χ1n) is 4.99. The molecule has 0 spiro atoms. The molecule has 4 nitrogen and oxygen atoms in total. The van der Waals surface area contributed by atoms with Gasteiger partial charge in [-0.1, -0.05) is 18.2 Å². The molecule has 20 heavy (non-hydrogen) atoms. The predicted molar refractivity (Wildman–Crippen MR) is 93.5 cm³/mol. The van der Waals surface area contributed by atoms with E-state index in [1.54, 1.807) is 0 Å². The first-order valence-corrected chi connectivity index (χ1v) is 6.75. The van der Waals surface area contributed by atoms with Crippen LogP contribution in [-0.4, -0.2) is 26.3 Å². The number of rotatable bonds is 0. The topological polar surface area (TPSA) is 40.6 Å². The highest BCUT2D eigenvalue weighted by Crippen LogP contribution is 2.30. The maximum absolute atomic E-state index is 11.1. The molecule has 9 heteroatoms. The van der Waals surface area contributed by atoms with Gasteiger partial charge in [0.2, 0.25) is 0 Å². The summed E-state index contributed by atoms with van der Waals surface area (Å²) in [5, 5.41) is 0. The van der Waals surface area contributed by atoms with Gasteiger partial charge in [0.1, 0.15) is 5.54 Å². The molecular weight excluding hydrogens is 461 g/mol. The molecular formula is C11H13Cl4IN2O2. The Bertz CT molecular complexity index is 459. The second kappa shape index (κ2) is 9.15. The molecule has 0 aromatic heterocycles. The zero-order valence-corrected chi connectivity index (χ0v) is 15.9. The highest BCUT2D eigenvalue weighted by Gasteiger charge is 2.50. The van der Waals surface area contributed by atoms with Gasteiger partial charge < -0.3 is 0 Å². The number of urea groups is 1. The van der Waals surface area contributed by atoms with Gasteiger partial charge >= 0.3 is 6.03 Å². The van der Waals surface area contributed by atoms with Crippen molar-refractivity contribution in [2.45, 2.75) is 19.4 Å². The summed E-state index contributed by atoms with van der Waals surface area (Å²) in [6.45, 7) is 3.03. The minimum absolute atomic E-state index is 0. The van der Waals surface area contributed by atoms with Crippen LogP contribution in [0.4, 0.5) is 4.79 Å². The smallest absolute Gasteiger partial charge is 0.270 e. The summed E-state index contributed by atoms with van der Waals surface area (Å²) in [7, 11) is 0. The molecule has 1 fully saturated rings. The number of nitrogens with zero attached hydrogens (tertiary/aromatic N) is 2. The van der Waals surface area contributed by atoms with E-state index in [9.17, 15) is 9.59 Å². The SMILES string of the molecule is CC1(C)C(=O)N(Cl)C(=O)N1Cl.Cl.Cl.Ic1ccccc1. The number of amides is 3. The summed E-state index contributed by atoms with van der Waals surface area (Å²) in [5.41, 5.74) is -1.04. The van der Waals surface area contributed by atoms with Crippen molar-refractivity contribution in [3.63, 3.8) is 0 Å². The standard InChI is InChI=1S/C6H5I.C5H6Cl2N2O2.2ClH/c7-6-4-2-1-3-5-6;1-5(2)3(10)8(6)4(11)9(5)7;;/h1-5H;1-2H3;2*1H. The second-order valence-corrected chi connectivity index (χ2v) is 5.93. The molecule has 3 amide bonds. The Hall–Kier alpha value is 0.0500. The highest BCUT2D eigenvalue weighted by atomic mass is 127. The van der Waals surface area contributed by atoms with E-state index in [0.717, 1.165) is 4.42 Å². The van der Waals surface area contributed by atoms with Crippen LogP contribution >= 0.6 is 71.0 Å². The Morgan fingerprint density at radius 2 is 1.50 bits per heavy atom. The maximum Gasteiger partial charge on any atom is 0.357 e. The summed E-state index contributed by atoms with van der Waals surface area (Å²) in [6.07, 6.45) is 0. The first-order chi connectivity index (χ1) is 8.28. The van der Waals surface area contributed by atoms with Crippen molar-refractivity contribution in [2.75, 3.05) is 0 Å². The summed E-state index contributed by atoms with van der Waals surface area (Å²) in [6, 6.07) is 9.51. The lowest BCUT2D eigenvalue weighted by Crippen LogP contribution is -2.38. The summed E-state index contributed by atoms with van der Waals surface area (Å²) < 4.78 is 2.55. The van der Waals surface area contributed by atoms with Gasteiger partial charge in [-0.2, -0.15) is 4.42 Å². The molecule has 114 valence electrons. The van der Waals surface area contributed by atoms with Crippen LogP contribution in [0.2, 0.25) is 0 Å². The molecule has 1 saturated heterocycles. The van der Waals surface area contributed by atoms with Gasteiger partial charge in [-0.3, -0.25) is 4.79 Å². The third-order valence-electron chi connectivity index (χ3n) is 2.26. The van der Waals surface area contributed by atoms with Crippen molar-refractivity contribution < 1.29 is 9.59 Å². The summed E-state index contributed by atoms with van der Waals surface area (Å²) in [4.78, 5) is 22.0. The van der Waals surface area contributed by atoms with Crippen molar-refractivity contribution in [2.24, 2.45) is 0 Å². The van der Waals surface area contributed by atoms with Crippen LogP contribution in [0.25, 0.3) is 0 Å². The quantitative estimate of drug-likeness (QED) is 0.317. The van der Waals surface area contributed by atoms with Gasteiger partial charge in [0.15, 0.2) is 0 Å². The van der Waals surface area contributed by atoms with Gasteiger partial charge in [-0.25, -0.2) is 9.21 Å². The normalized spacial score (nSPS) is 15.8. The molecule has 1 aromatic rings. The third kappa shape index (κ3) is 5.11. The van der Waals surface area contributed by atoms with Crippen LogP contribution in [0.3, 0.4) is 0 Å². The lowest BCUT2D eigenvalue weighted by molar-refractivity contribution is -0.127. The number of hydrogen-bond donors (Lipinski definition) is 0. The number of benzene rings is 1. The van der Waals surface area contributed by atoms with E-state index in [4.69, 9.17) is 23.6 Å². The average Bonchev–Trinajstić information content (AvgIpc) is 2.47. The van der Waals surface area contributed by atoms with Crippen molar-refractivity contribution in [1.29, 1.82) is 0 Å². The van der Waals surface area contributed by atoms with E-state index in [2.05, 4.69) is 34.7 Å². The molecule has 1 aromatic carbocycles. The maximum atomic E-state index is 11.1. The Labute approximate surface area is 153 Å². The number of carbonyl (C=O) groups excluding carboxylic acids is 2. The minimum atomic E-state index is -1.04. The number of hydrogen-bond acceptors (Lipinski definition) is 2. The molecule has 1 heterocycles. The predicted octanol–water partition coefficient (Wildman–Crippen LogP) is 4.47. The Morgan fingerprint density at radius 3 is 1.65 bits per heavy atom. The average molecular weight is 474 g/mol. The lowest BCUT2D eigenvalue weighted by atomic mass is 10.1. The molecule has 2 rings (SSSR count). The molecule has 1 aliphatic heterocycles. The van der Waals surface area contributed by atoms with Crippen molar-refractivity contribution in [3.8, 4) is 0 Å². The zero-order valence-electron chi connectivity index (χ0n) is 10.5. The van der Waals surface area contributed by atoms with Gasteiger partial charge in [-0.15, -0.1) is 24.8 Å². The zero-order chi connectivity index (χ0) is 13.9. The fourth-order valence-electron chi connectivity index (χ4n) is 1.14. The third-order valence-corrected chi connectivity index (χ3v) is 3.85. The lowest BCUT2D eigenvalue weighted by Gasteiger charge is -2.18. The van der Waals surface area contributed by atoms with E-state index in [1.807, 2.05) is 18.2 Å². The van der Waals surface area contributed by atoms with Gasteiger partial charge in [0.05, 0.1) is 0 Å². The molecule has 1 aliphatic rings. The second-order valence-electron chi connectivity index (χ2n) is 4.00. The molecule has 0 aliphatic carbocycles. The Balaban J connectivity index is 0. The van der Waals surface area contributed by atoms with Crippen LogP contribution < -0.4 is 0 Å². The van der Waals surface area contributed by atoms with Crippen molar-refractivity contribution in [1.82, 2.24) is 8.84 Å². The van der Waals surface area contributed by atoms with Gasteiger partial charge in [0, 0.05) is 27.1 Å². The monoisotopic (exact) mass is 472 g/mol. The van der Waals surface area contributed by atoms with Crippen molar-refractivity contribution >= 4 is 82.9 Å². The van der Waals surface area contributed by atoms with Crippen molar-refractivity contribution in [3.05, 3.63) is 33.9 Å². The van der Waals surface area contributed by atoms with Gasteiger partial charge in [0.25, 0.3) is 5.91 Å². The molecule has 0 unspecified atom stereocenters. The van der Waals surface area contributed by atoms with E-state index < -0.39 is 17.5 Å². The molecule has 0 N–H and O–H groups in total. The van der Waals surface area contributed by atoms with E-state index >= 15 is 0 Å². The summed E-state index contributed by atoms with van der Waals surface area (Å²) in [5.74, 6) is -0.515. The van der Waals surface area contributed by atoms with Crippen LogP contribution in [0.1, 0.15) is 13.8 Å². The van der Waals surface area contributed by atoms with Gasteiger partial charge in [-0.05, 0) is 48.6 Å². The van der Waals surface area contributed by atoms with Crippen LogP contribution in [-0.2, 0) is 4.79 Å². The molecule has 0 radical (unpaired) electrons. The highest BCUT2D eigenvalue weighted by molar-refractivity contribution is 14.1. The van der Waals surface area contributed by atoms with E-state index in [-0.39, 0.29) is 24.8 Å². The largest absolute Gasteiger partial charge is 0.357 e. The molecule has 0 saturated carbocycles. The van der Waals surface area contributed by atoms with E-state index in [0.29, 0.717) is 4.42 Å². The number of halogens is 5. The Morgan fingerprint density at radius 1 is 1.05 bits per heavy atom. The van der Waals surface area contributed by atoms with Crippen LogP contribution in [0, 0.1) is 3.57 Å².